The highest BCUT2D eigenvalue weighted by molar-refractivity contribution is 5.25. The number of benzene rings is 1. The second-order valence-corrected chi connectivity index (χ2v) is 5.30. The van der Waals surface area contributed by atoms with E-state index in [9.17, 15) is 5.11 Å². The van der Waals surface area contributed by atoms with E-state index in [0.717, 1.165) is 30.5 Å². The summed E-state index contributed by atoms with van der Waals surface area (Å²) in [6, 6.07) is 12.2. The minimum Gasteiger partial charge on any atom is -0.387 e. The highest BCUT2D eigenvalue weighted by atomic mass is 16.3. The van der Waals surface area contributed by atoms with Crippen LogP contribution < -0.4 is 5.32 Å². The fourth-order valence-corrected chi connectivity index (χ4v) is 2.41. The van der Waals surface area contributed by atoms with Gasteiger partial charge in [0.15, 0.2) is 0 Å². The number of aryl methyl sites for hydroxylation is 1. The molecule has 112 valence electrons. The molecule has 0 aliphatic heterocycles. The maximum atomic E-state index is 10.5. The van der Waals surface area contributed by atoms with Crippen molar-refractivity contribution in [3.63, 3.8) is 0 Å². The van der Waals surface area contributed by atoms with E-state index < -0.39 is 6.10 Å². The highest BCUT2D eigenvalue weighted by Gasteiger charge is 2.18. The molecule has 0 fully saturated rings. The fraction of sp³-hybridized carbons (Fsp3) is 0.389. The van der Waals surface area contributed by atoms with Crippen LogP contribution in [0.3, 0.4) is 0 Å². The van der Waals surface area contributed by atoms with E-state index in [0.29, 0.717) is 0 Å². The summed E-state index contributed by atoms with van der Waals surface area (Å²) in [4.78, 5) is 4.11. The van der Waals surface area contributed by atoms with Crippen molar-refractivity contribution >= 4 is 0 Å². The Morgan fingerprint density at radius 3 is 2.43 bits per heavy atom. The zero-order valence-corrected chi connectivity index (χ0v) is 12.8. The van der Waals surface area contributed by atoms with Gasteiger partial charge in [0.05, 0.1) is 6.10 Å². The van der Waals surface area contributed by atoms with E-state index in [-0.39, 0.29) is 6.04 Å². The minimum atomic E-state index is -0.488. The van der Waals surface area contributed by atoms with Crippen molar-refractivity contribution in [3.05, 3.63) is 65.5 Å². The predicted octanol–water partition coefficient (Wildman–Crippen LogP) is 3.25. The summed E-state index contributed by atoms with van der Waals surface area (Å²) >= 11 is 0. The Morgan fingerprint density at radius 1 is 1.10 bits per heavy atom. The molecule has 0 saturated carbocycles. The van der Waals surface area contributed by atoms with Gasteiger partial charge in [-0.3, -0.25) is 4.98 Å². The molecule has 2 aromatic rings. The summed E-state index contributed by atoms with van der Waals surface area (Å²) in [5, 5.41) is 14.0. The van der Waals surface area contributed by atoms with E-state index in [1.165, 1.54) is 5.56 Å². The summed E-state index contributed by atoms with van der Waals surface area (Å²) in [6.07, 6.45) is 5.02. The van der Waals surface area contributed by atoms with Crippen molar-refractivity contribution < 1.29 is 5.11 Å². The highest BCUT2D eigenvalue weighted by Crippen LogP contribution is 2.20. The topological polar surface area (TPSA) is 45.1 Å². The van der Waals surface area contributed by atoms with Gasteiger partial charge < -0.3 is 10.4 Å². The normalized spacial score (nSPS) is 13.9. The van der Waals surface area contributed by atoms with Crippen LogP contribution in [0.5, 0.6) is 0 Å². The van der Waals surface area contributed by atoms with Gasteiger partial charge in [0.25, 0.3) is 0 Å². The molecular formula is C18H24N2O. The van der Waals surface area contributed by atoms with E-state index >= 15 is 0 Å². The van der Waals surface area contributed by atoms with Crippen LogP contribution in [0.15, 0.2) is 48.8 Å². The van der Waals surface area contributed by atoms with Gasteiger partial charge in [-0.05, 0) is 35.6 Å². The first-order valence-corrected chi connectivity index (χ1v) is 7.63. The molecule has 21 heavy (non-hydrogen) atoms. The number of hydrogen-bond donors (Lipinski definition) is 2. The number of pyridine rings is 1. The number of aliphatic hydroxyl groups is 1. The molecule has 3 heteroatoms. The average Bonchev–Trinajstić information content (AvgIpc) is 2.56. The quantitative estimate of drug-likeness (QED) is 0.820. The molecule has 1 heterocycles. The lowest BCUT2D eigenvalue weighted by Gasteiger charge is -2.23. The number of aromatic nitrogens is 1. The molecule has 2 atom stereocenters. The first-order chi connectivity index (χ1) is 10.2. The fourth-order valence-electron chi connectivity index (χ4n) is 2.41. The van der Waals surface area contributed by atoms with Crippen LogP contribution in [0, 0.1) is 0 Å². The third-order valence-corrected chi connectivity index (χ3v) is 3.84. The molecule has 0 aliphatic carbocycles. The molecule has 0 spiro atoms. The number of rotatable bonds is 7. The van der Waals surface area contributed by atoms with Crippen molar-refractivity contribution in [2.24, 2.45) is 0 Å². The van der Waals surface area contributed by atoms with Gasteiger partial charge in [-0.2, -0.15) is 0 Å². The maximum absolute atomic E-state index is 10.5. The van der Waals surface area contributed by atoms with E-state index in [2.05, 4.69) is 36.3 Å². The number of nitrogens with one attached hydrogen (secondary N) is 1. The third-order valence-electron chi connectivity index (χ3n) is 3.84. The van der Waals surface area contributed by atoms with Gasteiger partial charge in [-0.15, -0.1) is 0 Å². The predicted molar refractivity (Wildman–Crippen MR) is 85.9 cm³/mol. The monoisotopic (exact) mass is 284 g/mol. The lowest BCUT2D eigenvalue weighted by molar-refractivity contribution is 0.125. The first kappa shape index (κ1) is 15.7. The number of aliphatic hydroxyl groups excluding tert-OH is 1. The van der Waals surface area contributed by atoms with Crippen LogP contribution in [0.2, 0.25) is 0 Å². The van der Waals surface area contributed by atoms with Gasteiger partial charge in [0.1, 0.15) is 0 Å². The molecule has 2 N–H and O–H groups in total. The SMILES string of the molecule is CCc1ccc(C(O)C(CC)NCc2cccnc2)cc1. The molecule has 0 amide bonds. The lowest BCUT2D eigenvalue weighted by Crippen LogP contribution is -2.34. The Bertz CT molecular complexity index is 525. The van der Waals surface area contributed by atoms with Crippen molar-refractivity contribution in [1.29, 1.82) is 0 Å². The second-order valence-electron chi connectivity index (χ2n) is 5.30. The van der Waals surface area contributed by atoms with Crippen molar-refractivity contribution in [2.45, 2.75) is 45.4 Å². The molecule has 0 radical (unpaired) electrons. The molecule has 2 unspecified atom stereocenters. The van der Waals surface area contributed by atoms with E-state index in [1.807, 2.05) is 30.5 Å². The van der Waals surface area contributed by atoms with Crippen molar-refractivity contribution in [2.75, 3.05) is 0 Å². The van der Waals surface area contributed by atoms with Crippen LogP contribution >= 0.6 is 0 Å². The number of nitrogens with zero attached hydrogens (tertiary/aromatic N) is 1. The summed E-state index contributed by atoms with van der Waals surface area (Å²) in [7, 11) is 0. The molecule has 1 aromatic heterocycles. The Balaban J connectivity index is 1.98. The minimum absolute atomic E-state index is 0.0395. The Labute approximate surface area is 127 Å². The first-order valence-electron chi connectivity index (χ1n) is 7.63. The van der Waals surface area contributed by atoms with Crippen molar-refractivity contribution in [3.8, 4) is 0 Å². The zero-order valence-electron chi connectivity index (χ0n) is 12.8. The van der Waals surface area contributed by atoms with Gasteiger partial charge in [0.2, 0.25) is 0 Å². The summed E-state index contributed by atoms with van der Waals surface area (Å²) < 4.78 is 0. The number of hydrogen-bond acceptors (Lipinski definition) is 3. The van der Waals surface area contributed by atoms with Gasteiger partial charge in [0, 0.05) is 25.0 Å². The average molecular weight is 284 g/mol. The zero-order chi connectivity index (χ0) is 15.1. The maximum Gasteiger partial charge on any atom is 0.0942 e. The standard InChI is InChI=1S/C18H24N2O/c1-3-14-7-9-16(10-8-14)18(21)17(4-2)20-13-15-6-5-11-19-12-15/h5-12,17-18,20-21H,3-4,13H2,1-2H3. The van der Waals surface area contributed by atoms with E-state index in [4.69, 9.17) is 0 Å². The summed E-state index contributed by atoms with van der Waals surface area (Å²) in [5.41, 5.74) is 3.39. The Kier molecular flexibility index (Phi) is 5.90. The Morgan fingerprint density at radius 2 is 1.86 bits per heavy atom. The van der Waals surface area contributed by atoms with Crippen LogP contribution in [0.25, 0.3) is 0 Å². The smallest absolute Gasteiger partial charge is 0.0942 e. The molecule has 0 bridgehead atoms. The Hall–Kier alpha value is -1.71. The molecule has 0 saturated heterocycles. The van der Waals surface area contributed by atoms with Crippen molar-refractivity contribution in [1.82, 2.24) is 10.3 Å². The summed E-state index contributed by atoms with van der Waals surface area (Å²) in [5.74, 6) is 0. The molecule has 3 nitrogen and oxygen atoms in total. The molecule has 0 aliphatic rings. The molecule has 1 aromatic carbocycles. The molecule has 2 rings (SSSR count). The molecular weight excluding hydrogens is 260 g/mol. The van der Waals surface area contributed by atoms with Gasteiger partial charge in [-0.1, -0.05) is 44.2 Å². The van der Waals surface area contributed by atoms with Gasteiger partial charge in [-0.25, -0.2) is 0 Å². The van der Waals surface area contributed by atoms with Crippen LogP contribution in [-0.2, 0) is 13.0 Å². The van der Waals surface area contributed by atoms with E-state index in [1.54, 1.807) is 6.20 Å². The lowest BCUT2D eigenvalue weighted by atomic mass is 9.98. The largest absolute Gasteiger partial charge is 0.387 e. The van der Waals surface area contributed by atoms with Gasteiger partial charge >= 0.3 is 0 Å². The second kappa shape index (κ2) is 7.91. The van der Waals surface area contributed by atoms with Crippen LogP contribution in [0.4, 0.5) is 0 Å². The van der Waals surface area contributed by atoms with Crippen LogP contribution in [-0.4, -0.2) is 16.1 Å². The van der Waals surface area contributed by atoms with Crippen LogP contribution in [0.1, 0.15) is 43.1 Å². The summed E-state index contributed by atoms with van der Waals surface area (Å²) in [6.45, 7) is 4.94. The third kappa shape index (κ3) is 4.38.